The van der Waals surface area contributed by atoms with Gasteiger partial charge in [-0.1, -0.05) is 52.2 Å². The Morgan fingerprint density at radius 3 is 2.26 bits per heavy atom. The van der Waals surface area contributed by atoms with Crippen LogP contribution in [0.4, 0.5) is 0 Å². The third-order valence-corrected chi connectivity index (χ3v) is 3.70. The van der Waals surface area contributed by atoms with E-state index in [1.54, 1.807) is 0 Å². The van der Waals surface area contributed by atoms with Crippen molar-refractivity contribution >= 4 is 0 Å². The third-order valence-electron chi connectivity index (χ3n) is 3.70. The van der Waals surface area contributed by atoms with Crippen molar-refractivity contribution in [3.63, 3.8) is 0 Å². The highest BCUT2D eigenvalue weighted by Crippen LogP contribution is 2.28. The molecule has 19 heavy (non-hydrogen) atoms. The predicted octanol–water partition coefficient (Wildman–Crippen LogP) is 4.69. The van der Waals surface area contributed by atoms with E-state index in [9.17, 15) is 0 Å². The van der Waals surface area contributed by atoms with E-state index in [1.165, 1.54) is 24.8 Å². The lowest BCUT2D eigenvalue weighted by Crippen LogP contribution is -2.21. The van der Waals surface area contributed by atoms with Crippen LogP contribution >= 0.6 is 0 Å². The Morgan fingerprint density at radius 2 is 1.74 bits per heavy atom. The molecular weight excluding hydrogens is 234 g/mol. The average molecular weight is 263 g/mol. The second-order valence-electron chi connectivity index (χ2n) is 5.25. The maximum atomic E-state index is 6.40. The lowest BCUT2D eigenvalue weighted by molar-refractivity contribution is 0.317. The molecule has 0 aliphatic carbocycles. The van der Waals surface area contributed by atoms with Crippen LogP contribution in [0.15, 0.2) is 24.3 Å². The van der Waals surface area contributed by atoms with Gasteiger partial charge in [-0.3, -0.25) is 0 Å². The summed E-state index contributed by atoms with van der Waals surface area (Å²) >= 11 is 0. The van der Waals surface area contributed by atoms with Crippen molar-refractivity contribution in [1.29, 1.82) is 0 Å². The molecule has 2 heteroatoms. The molecule has 0 spiro atoms. The topological polar surface area (TPSA) is 35.2 Å². The van der Waals surface area contributed by atoms with Crippen LogP contribution in [0.3, 0.4) is 0 Å². The summed E-state index contributed by atoms with van der Waals surface area (Å²) in [6.45, 7) is 7.36. The van der Waals surface area contributed by atoms with Gasteiger partial charge in [0.1, 0.15) is 5.75 Å². The smallest absolute Gasteiger partial charge is 0.119 e. The van der Waals surface area contributed by atoms with Gasteiger partial charge in [0, 0.05) is 6.04 Å². The van der Waals surface area contributed by atoms with E-state index in [0.717, 1.165) is 25.2 Å². The Bertz CT molecular complexity index is 334. The minimum atomic E-state index is 0.150. The van der Waals surface area contributed by atoms with Crippen molar-refractivity contribution in [2.45, 2.75) is 58.9 Å². The van der Waals surface area contributed by atoms with Gasteiger partial charge in [-0.2, -0.15) is 0 Å². The van der Waals surface area contributed by atoms with Crippen molar-refractivity contribution in [2.75, 3.05) is 6.61 Å². The lowest BCUT2D eigenvalue weighted by Gasteiger charge is -2.23. The first-order chi connectivity index (χ1) is 9.22. The molecule has 0 fully saturated rings. The Kier molecular flexibility index (Phi) is 7.57. The van der Waals surface area contributed by atoms with Gasteiger partial charge in [0.05, 0.1) is 6.61 Å². The molecule has 1 aromatic carbocycles. The molecule has 2 N–H and O–H groups in total. The maximum Gasteiger partial charge on any atom is 0.119 e. The molecule has 1 aromatic rings. The molecule has 0 amide bonds. The molecule has 2 atom stereocenters. The van der Waals surface area contributed by atoms with Gasteiger partial charge in [0.25, 0.3) is 0 Å². The summed E-state index contributed by atoms with van der Waals surface area (Å²) < 4.78 is 5.60. The molecule has 0 aromatic heterocycles. The first kappa shape index (κ1) is 16.0. The van der Waals surface area contributed by atoms with E-state index in [-0.39, 0.29) is 6.04 Å². The fraction of sp³-hybridized carbons (Fsp3) is 0.647. The van der Waals surface area contributed by atoms with Crippen molar-refractivity contribution in [3.8, 4) is 5.75 Å². The van der Waals surface area contributed by atoms with E-state index in [1.807, 2.05) is 12.1 Å². The van der Waals surface area contributed by atoms with Crippen LogP contribution in [0, 0.1) is 5.92 Å². The Hall–Kier alpha value is -1.02. The standard InChI is InChI=1S/C17H29NO/c1-4-7-8-14(6-3)17(18)15-9-11-16(12-10-15)19-13-5-2/h9-12,14,17H,4-8,13,18H2,1-3H3. The first-order valence-corrected chi connectivity index (χ1v) is 7.71. The fourth-order valence-corrected chi connectivity index (χ4v) is 2.38. The van der Waals surface area contributed by atoms with E-state index in [2.05, 4.69) is 32.9 Å². The highest BCUT2D eigenvalue weighted by Gasteiger charge is 2.17. The first-order valence-electron chi connectivity index (χ1n) is 7.71. The van der Waals surface area contributed by atoms with Gasteiger partial charge in [-0.15, -0.1) is 0 Å². The molecule has 1 rings (SSSR count). The monoisotopic (exact) mass is 263 g/mol. The number of nitrogens with two attached hydrogens (primary N) is 1. The summed E-state index contributed by atoms with van der Waals surface area (Å²) in [6, 6.07) is 8.46. The number of hydrogen-bond donors (Lipinski definition) is 1. The van der Waals surface area contributed by atoms with Crippen LogP contribution in [0.5, 0.6) is 5.75 Å². The molecule has 0 aliphatic heterocycles. The molecule has 0 bridgehead atoms. The summed E-state index contributed by atoms with van der Waals surface area (Å²) in [5.74, 6) is 1.53. The van der Waals surface area contributed by atoms with Gasteiger partial charge in [0.2, 0.25) is 0 Å². The third kappa shape index (κ3) is 5.23. The highest BCUT2D eigenvalue weighted by molar-refractivity contribution is 5.29. The largest absolute Gasteiger partial charge is 0.494 e. The van der Waals surface area contributed by atoms with Crippen LogP contribution in [0.2, 0.25) is 0 Å². The minimum absolute atomic E-state index is 0.150. The molecule has 0 heterocycles. The second kappa shape index (κ2) is 8.98. The maximum absolute atomic E-state index is 6.40. The van der Waals surface area contributed by atoms with E-state index in [0.29, 0.717) is 5.92 Å². The van der Waals surface area contributed by atoms with Crippen molar-refractivity contribution in [2.24, 2.45) is 11.7 Å². The Balaban J connectivity index is 2.62. The van der Waals surface area contributed by atoms with Crippen LogP contribution in [0.25, 0.3) is 0 Å². The highest BCUT2D eigenvalue weighted by atomic mass is 16.5. The predicted molar refractivity (Wildman–Crippen MR) is 82.5 cm³/mol. The Labute approximate surface area is 118 Å². The minimum Gasteiger partial charge on any atom is -0.494 e. The van der Waals surface area contributed by atoms with Crippen molar-refractivity contribution < 1.29 is 4.74 Å². The summed E-state index contributed by atoms with van der Waals surface area (Å²) in [5.41, 5.74) is 7.63. The SMILES string of the molecule is CCCCC(CC)C(N)c1ccc(OCCC)cc1. The lowest BCUT2D eigenvalue weighted by atomic mass is 9.87. The molecule has 2 nitrogen and oxygen atoms in total. The summed E-state index contributed by atoms with van der Waals surface area (Å²) in [4.78, 5) is 0. The molecular formula is C17H29NO. The van der Waals surface area contributed by atoms with Gasteiger partial charge < -0.3 is 10.5 Å². The van der Waals surface area contributed by atoms with Gasteiger partial charge >= 0.3 is 0 Å². The van der Waals surface area contributed by atoms with Crippen LogP contribution in [-0.4, -0.2) is 6.61 Å². The van der Waals surface area contributed by atoms with E-state index < -0.39 is 0 Å². The van der Waals surface area contributed by atoms with Crippen LogP contribution < -0.4 is 10.5 Å². The quantitative estimate of drug-likeness (QED) is 0.701. The zero-order valence-corrected chi connectivity index (χ0v) is 12.7. The summed E-state index contributed by atoms with van der Waals surface area (Å²) in [5, 5.41) is 0. The number of benzene rings is 1. The number of unbranched alkanes of at least 4 members (excludes halogenated alkanes) is 1. The van der Waals surface area contributed by atoms with E-state index in [4.69, 9.17) is 10.5 Å². The molecule has 0 radical (unpaired) electrons. The number of ether oxygens (including phenoxy) is 1. The summed E-state index contributed by atoms with van der Waals surface area (Å²) in [6.07, 6.45) is 5.92. The van der Waals surface area contributed by atoms with Crippen molar-refractivity contribution in [1.82, 2.24) is 0 Å². The molecule has 2 unspecified atom stereocenters. The summed E-state index contributed by atoms with van der Waals surface area (Å²) in [7, 11) is 0. The average Bonchev–Trinajstić information content (AvgIpc) is 2.46. The fourth-order valence-electron chi connectivity index (χ4n) is 2.38. The van der Waals surface area contributed by atoms with Crippen molar-refractivity contribution in [3.05, 3.63) is 29.8 Å². The second-order valence-corrected chi connectivity index (χ2v) is 5.25. The van der Waals surface area contributed by atoms with Crippen LogP contribution in [0.1, 0.15) is 64.5 Å². The van der Waals surface area contributed by atoms with Gasteiger partial charge in [-0.05, 0) is 36.5 Å². The van der Waals surface area contributed by atoms with Gasteiger partial charge in [0.15, 0.2) is 0 Å². The number of rotatable bonds is 9. The van der Waals surface area contributed by atoms with E-state index >= 15 is 0 Å². The number of hydrogen-bond acceptors (Lipinski definition) is 2. The molecule has 108 valence electrons. The molecule has 0 saturated heterocycles. The van der Waals surface area contributed by atoms with Crippen LogP contribution in [-0.2, 0) is 0 Å². The normalized spacial score (nSPS) is 14.1. The van der Waals surface area contributed by atoms with Gasteiger partial charge in [-0.25, -0.2) is 0 Å². The zero-order valence-electron chi connectivity index (χ0n) is 12.7. The molecule has 0 saturated carbocycles. The zero-order chi connectivity index (χ0) is 14.1. The Morgan fingerprint density at radius 1 is 1.05 bits per heavy atom. The molecule has 0 aliphatic rings.